The number of sulfonamides is 1. The lowest BCUT2D eigenvalue weighted by atomic mass is 10.2. The molecule has 2 rings (SSSR count). The molecule has 1 saturated heterocycles. The minimum absolute atomic E-state index is 0.128. The van der Waals surface area contributed by atoms with E-state index in [2.05, 4.69) is 20.7 Å². The summed E-state index contributed by atoms with van der Waals surface area (Å²) in [4.78, 5) is 11.8. The second-order valence-corrected chi connectivity index (χ2v) is 7.39. The second kappa shape index (κ2) is 6.24. The van der Waals surface area contributed by atoms with Gasteiger partial charge in [-0.1, -0.05) is 6.42 Å². The number of rotatable bonds is 3. The quantitative estimate of drug-likeness (QED) is 0.775. The molecule has 0 N–H and O–H groups in total. The van der Waals surface area contributed by atoms with E-state index in [-0.39, 0.29) is 10.5 Å². The molecule has 0 spiro atoms. The normalized spacial score (nSPS) is 16.9. The van der Waals surface area contributed by atoms with E-state index in [4.69, 9.17) is 0 Å². The molecule has 5 nitrogen and oxygen atoms in total. The summed E-state index contributed by atoms with van der Waals surface area (Å²) in [7, 11) is -2.27. The van der Waals surface area contributed by atoms with E-state index in [0.717, 1.165) is 19.3 Å². The molecule has 0 aliphatic carbocycles. The Kier molecular flexibility index (Phi) is 4.82. The number of ether oxygens (including phenoxy) is 1. The molecule has 0 saturated carbocycles. The van der Waals surface area contributed by atoms with Gasteiger partial charge in [-0.2, -0.15) is 4.31 Å². The van der Waals surface area contributed by atoms with Gasteiger partial charge < -0.3 is 4.74 Å². The molecule has 0 bridgehead atoms. The van der Waals surface area contributed by atoms with E-state index < -0.39 is 16.0 Å². The van der Waals surface area contributed by atoms with Crippen molar-refractivity contribution in [2.45, 2.75) is 24.2 Å². The third kappa shape index (κ3) is 3.05. The summed E-state index contributed by atoms with van der Waals surface area (Å²) in [5.74, 6) is -0.562. The molecule has 1 aliphatic heterocycles. The highest BCUT2D eigenvalue weighted by Crippen LogP contribution is 2.25. The number of nitrogens with zero attached hydrogens (tertiary/aromatic N) is 1. The van der Waals surface area contributed by atoms with Crippen molar-refractivity contribution in [1.82, 2.24) is 4.31 Å². The molecule has 110 valence electrons. The van der Waals surface area contributed by atoms with Gasteiger partial charge >= 0.3 is 5.97 Å². The number of esters is 1. The van der Waals surface area contributed by atoms with Crippen molar-refractivity contribution in [2.24, 2.45) is 0 Å². The molecule has 1 fully saturated rings. The zero-order chi connectivity index (χ0) is 14.8. The first-order chi connectivity index (χ1) is 9.46. The molecule has 1 heterocycles. The highest BCUT2D eigenvalue weighted by Gasteiger charge is 2.27. The van der Waals surface area contributed by atoms with E-state index in [9.17, 15) is 13.2 Å². The lowest BCUT2D eigenvalue weighted by Gasteiger charge is -2.26. The van der Waals surface area contributed by atoms with Crippen LogP contribution in [0.3, 0.4) is 0 Å². The number of hydrogen-bond acceptors (Lipinski definition) is 4. The van der Waals surface area contributed by atoms with Crippen LogP contribution in [0.25, 0.3) is 0 Å². The van der Waals surface area contributed by atoms with Gasteiger partial charge in [-0.3, -0.25) is 0 Å². The third-order valence-electron chi connectivity index (χ3n) is 3.30. The van der Waals surface area contributed by atoms with Gasteiger partial charge in [0.05, 0.1) is 17.6 Å². The molecule has 0 unspecified atom stereocenters. The first-order valence-corrected chi connectivity index (χ1v) is 8.58. The first kappa shape index (κ1) is 15.5. The van der Waals surface area contributed by atoms with Crippen LogP contribution in [0, 0.1) is 0 Å². The minimum Gasteiger partial charge on any atom is -0.465 e. The van der Waals surface area contributed by atoms with Crippen LogP contribution in [-0.4, -0.2) is 38.9 Å². The lowest BCUT2D eigenvalue weighted by Crippen LogP contribution is -2.35. The summed E-state index contributed by atoms with van der Waals surface area (Å²) in [6.07, 6.45) is 2.80. The van der Waals surface area contributed by atoms with Crippen LogP contribution < -0.4 is 0 Å². The van der Waals surface area contributed by atoms with E-state index in [1.165, 1.54) is 23.5 Å². The molecule has 1 aromatic rings. The summed E-state index contributed by atoms with van der Waals surface area (Å²) in [6, 6.07) is 4.42. The zero-order valence-corrected chi connectivity index (χ0v) is 13.5. The number of carbonyl (C=O) groups excluding carboxylic acids is 1. The monoisotopic (exact) mass is 361 g/mol. The zero-order valence-electron chi connectivity index (χ0n) is 11.1. The SMILES string of the molecule is COC(=O)c1cc(S(=O)(=O)N2CCCCC2)ccc1Br. The Balaban J connectivity index is 2.39. The highest BCUT2D eigenvalue weighted by atomic mass is 79.9. The molecular weight excluding hydrogens is 346 g/mol. The van der Waals surface area contributed by atoms with Crippen molar-refractivity contribution in [3.63, 3.8) is 0 Å². The summed E-state index contributed by atoms with van der Waals surface area (Å²) < 4.78 is 31.7. The van der Waals surface area contributed by atoms with Crippen molar-refractivity contribution >= 4 is 31.9 Å². The molecular formula is C13H16BrNO4S. The van der Waals surface area contributed by atoms with Crippen molar-refractivity contribution in [3.05, 3.63) is 28.2 Å². The fourth-order valence-corrected chi connectivity index (χ4v) is 4.14. The van der Waals surface area contributed by atoms with Crippen molar-refractivity contribution in [3.8, 4) is 0 Å². The number of hydrogen-bond donors (Lipinski definition) is 0. The molecule has 0 radical (unpaired) electrons. The molecule has 0 atom stereocenters. The highest BCUT2D eigenvalue weighted by molar-refractivity contribution is 9.10. The van der Waals surface area contributed by atoms with Gasteiger partial charge in [0.2, 0.25) is 10.0 Å². The maximum Gasteiger partial charge on any atom is 0.339 e. The molecule has 1 aliphatic rings. The Hall–Kier alpha value is -0.920. The predicted octanol–water partition coefficient (Wildman–Crippen LogP) is 2.41. The molecule has 0 aromatic heterocycles. The number of methoxy groups -OCH3 is 1. The maximum absolute atomic E-state index is 12.5. The smallest absolute Gasteiger partial charge is 0.339 e. The van der Waals surface area contributed by atoms with Gasteiger partial charge in [0.15, 0.2) is 0 Å². The van der Waals surface area contributed by atoms with E-state index in [1.54, 1.807) is 6.07 Å². The van der Waals surface area contributed by atoms with Crippen molar-refractivity contribution in [1.29, 1.82) is 0 Å². The third-order valence-corrected chi connectivity index (χ3v) is 5.88. The largest absolute Gasteiger partial charge is 0.465 e. The standard InChI is InChI=1S/C13H16BrNO4S/c1-19-13(16)11-9-10(5-6-12(11)14)20(17,18)15-7-3-2-4-8-15/h5-6,9H,2-4,7-8H2,1H3. The molecule has 20 heavy (non-hydrogen) atoms. The molecule has 1 aromatic carbocycles. The van der Waals surface area contributed by atoms with Gasteiger partial charge in [-0.15, -0.1) is 0 Å². The number of carbonyl (C=O) groups is 1. The minimum atomic E-state index is -3.54. The van der Waals surface area contributed by atoms with Gasteiger partial charge in [0, 0.05) is 17.6 Å². The number of piperidine rings is 1. The summed E-state index contributed by atoms with van der Waals surface area (Å²) in [5.41, 5.74) is 0.214. The lowest BCUT2D eigenvalue weighted by molar-refractivity contribution is 0.0599. The van der Waals surface area contributed by atoms with Crippen LogP contribution in [0.1, 0.15) is 29.6 Å². The van der Waals surface area contributed by atoms with E-state index in [1.807, 2.05) is 0 Å². The Labute approximate surface area is 127 Å². The fraction of sp³-hybridized carbons (Fsp3) is 0.462. The van der Waals surface area contributed by atoms with Gasteiger partial charge in [-0.05, 0) is 47.0 Å². The van der Waals surface area contributed by atoms with Gasteiger partial charge in [0.1, 0.15) is 0 Å². The summed E-state index contributed by atoms with van der Waals surface area (Å²) in [5, 5.41) is 0. The Morgan fingerprint density at radius 2 is 1.90 bits per heavy atom. The number of benzene rings is 1. The average Bonchev–Trinajstić information content (AvgIpc) is 2.47. The predicted molar refractivity (Wildman–Crippen MR) is 78.1 cm³/mol. The van der Waals surface area contributed by atoms with Gasteiger partial charge in [0.25, 0.3) is 0 Å². The van der Waals surface area contributed by atoms with Crippen LogP contribution in [0.5, 0.6) is 0 Å². The van der Waals surface area contributed by atoms with E-state index in [0.29, 0.717) is 17.6 Å². The summed E-state index contributed by atoms with van der Waals surface area (Å²) in [6.45, 7) is 1.07. The van der Waals surface area contributed by atoms with Crippen LogP contribution >= 0.6 is 15.9 Å². The van der Waals surface area contributed by atoms with E-state index >= 15 is 0 Å². The Morgan fingerprint density at radius 1 is 1.25 bits per heavy atom. The second-order valence-electron chi connectivity index (χ2n) is 4.60. The Bertz CT molecular complexity index is 609. The van der Waals surface area contributed by atoms with Crippen LogP contribution in [-0.2, 0) is 14.8 Å². The average molecular weight is 362 g/mol. The van der Waals surface area contributed by atoms with Crippen LogP contribution in [0.4, 0.5) is 0 Å². The first-order valence-electron chi connectivity index (χ1n) is 6.35. The Morgan fingerprint density at radius 3 is 2.50 bits per heavy atom. The van der Waals surface area contributed by atoms with Crippen molar-refractivity contribution in [2.75, 3.05) is 20.2 Å². The molecule has 7 heteroatoms. The fourth-order valence-electron chi connectivity index (χ4n) is 2.19. The molecule has 0 amide bonds. The summed E-state index contributed by atoms with van der Waals surface area (Å²) >= 11 is 3.23. The van der Waals surface area contributed by atoms with Gasteiger partial charge in [-0.25, -0.2) is 13.2 Å². The van der Waals surface area contributed by atoms with Crippen molar-refractivity contribution < 1.29 is 17.9 Å². The van der Waals surface area contributed by atoms with Crippen LogP contribution in [0.2, 0.25) is 0 Å². The van der Waals surface area contributed by atoms with Crippen LogP contribution in [0.15, 0.2) is 27.6 Å². The maximum atomic E-state index is 12.5. The number of halogens is 1. The topological polar surface area (TPSA) is 63.7 Å².